The third-order valence-corrected chi connectivity index (χ3v) is 7.08. The van der Waals surface area contributed by atoms with Crippen molar-refractivity contribution in [2.75, 3.05) is 33.5 Å². The highest BCUT2D eigenvalue weighted by molar-refractivity contribution is 7.53. The van der Waals surface area contributed by atoms with E-state index in [1.165, 1.54) is 14.2 Å². The molecule has 0 spiro atoms. The summed E-state index contributed by atoms with van der Waals surface area (Å²) in [5.41, 5.74) is 0.363. The van der Waals surface area contributed by atoms with Gasteiger partial charge in [-0.15, -0.1) is 0 Å². The number of allylic oxidation sites excluding steroid dienone is 5. The van der Waals surface area contributed by atoms with Crippen molar-refractivity contribution in [3.8, 4) is 0 Å². The molecule has 0 aromatic rings. The zero-order valence-corrected chi connectivity index (χ0v) is 23.0. The van der Waals surface area contributed by atoms with Gasteiger partial charge in [0.2, 0.25) is 5.91 Å². The summed E-state index contributed by atoms with van der Waals surface area (Å²) < 4.78 is 34.1. The molecular weight excluding hydrogens is 473 g/mol. The molecule has 0 aliphatic carbocycles. The van der Waals surface area contributed by atoms with Gasteiger partial charge in [-0.25, -0.2) is 0 Å². The highest BCUT2D eigenvalue weighted by Crippen LogP contribution is 2.52. The molecule has 0 saturated heterocycles. The Morgan fingerprint density at radius 2 is 1.80 bits per heavy atom. The van der Waals surface area contributed by atoms with Gasteiger partial charge in [0.25, 0.3) is 0 Å². The van der Waals surface area contributed by atoms with Gasteiger partial charge in [-0.05, 0) is 25.2 Å². The Labute approximate surface area is 209 Å². The molecule has 0 fully saturated rings. The lowest BCUT2D eigenvalue weighted by atomic mass is 9.88. The van der Waals surface area contributed by atoms with Crippen LogP contribution >= 0.6 is 7.60 Å². The third-order valence-electron chi connectivity index (χ3n) is 5.00. The van der Waals surface area contributed by atoms with E-state index in [9.17, 15) is 18.9 Å². The lowest BCUT2D eigenvalue weighted by molar-refractivity contribution is -0.147. The van der Waals surface area contributed by atoms with Crippen molar-refractivity contribution in [3.05, 3.63) is 36.5 Å². The first kappa shape index (κ1) is 32.8. The summed E-state index contributed by atoms with van der Waals surface area (Å²) in [6, 6.07) is 0. The van der Waals surface area contributed by atoms with Crippen molar-refractivity contribution < 1.29 is 37.5 Å². The average molecular weight is 516 g/mol. The van der Waals surface area contributed by atoms with Crippen LogP contribution in [0.2, 0.25) is 0 Å². The van der Waals surface area contributed by atoms with Gasteiger partial charge in [0.05, 0.1) is 32.2 Å². The Bertz CT molecular complexity index is 813. The second-order valence-corrected chi connectivity index (χ2v) is 11.2. The molecule has 1 unspecified atom stereocenters. The monoisotopic (exact) mass is 515 g/mol. The van der Waals surface area contributed by atoms with E-state index in [1.54, 1.807) is 33.8 Å². The summed E-state index contributed by atoms with van der Waals surface area (Å²) in [5.74, 6) is -2.31. The van der Waals surface area contributed by atoms with Crippen LogP contribution in [-0.2, 0) is 37.5 Å². The second-order valence-electron chi connectivity index (χ2n) is 9.08. The first-order valence-electron chi connectivity index (χ1n) is 11.6. The lowest BCUT2D eigenvalue weighted by Gasteiger charge is -2.32. The molecule has 0 aromatic heterocycles. The summed E-state index contributed by atoms with van der Waals surface area (Å²) in [4.78, 5) is 36.5. The number of carbonyl (C=O) groups is 3. The van der Waals surface area contributed by atoms with Crippen LogP contribution in [0.15, 0.2) is 36.5 Å². The highest BCUT2D eigenvalue weighted by Gasteiger charge is 2.40. The number of hydrogen-bond donors (Lipinski definition) is 1. The Morgan fingerprint density at radius 3 is 2.31 bits per heavy atom. The molecule has 0 rings (SSSR count). The number of amides is 1. The van der Waals surface area contributed by atoms with E-state index in [1.807, 2.05) is 25.2 Å². The number of rotatable bonds is 16. The first-order valence-corrected chi connectivity index (χ1v) is 13.3. The van der Waals surface area contributed by atoms with Crippen LogP contribution in [0.25, 0.3) is 0 Å². The summed E-state index contributed by atoms with van der Waals surface area (Å²) in [5, 5.41) is 2.59. The normalized spacial score (nSPS) is 15.7. The Kier molecular flexibility index (Phi) is 15.4. The predicted octanol–water partition coefficient (Wildman–Crippen LogP) is 4.58. The Balaban J connectivity index is 5.01. The lowest BCUT2D eigenvalue weighted by Crippen LogP contribution is -2.44. The van der Waals surface area contributed by atoms with Gasteiger partial charge < -0.3 is 19.3 Å². The van der Waals surface area contributed by atoms with Crippen LogP contribution in [0.3, 0.4) is 0 Å². The maximum atomic E-state index is 13.3. The maximum absolute atomic E-state index is 13.3. The van der Waals surface area contributed by atoms with Crippen LogP contribution in [-0.4, -0.2) is 57.5 Å². The molecule has 0 aromatic carbocycles. The van der Waals surface area contributed by atoms with Gasteiger partial charge in [-0.1, -0.05) is 64.2 Å². The van der Waals surface area contributed by atoms with Crippen molar-refractivity contribution >= 4 is 25.4 Å². The number of methoxy groups -OCH3 is 1. The van der Waals surface area contributed by atoms with Crippen LogP contribution in [0.5, 0.6) is 0 Å². The Morgan fingerprint density at radius 1 is 1.14 bits per heavy atom. The van der Waals surface area contributed by atoms with Crippen LogP contribution in [0.4, 0.5) is 0 Å². The maximum Gasteiger partial charge on any atom is 0.332 e. The minimum Gasteiger partial charge on any atom is -0.469 e. The van der Waals surface area contributed by atoms with E-state index in [-0.39, 0.29) is 25.7 Å². The van der Waals surface area contributed by atoms with E-state index in [0.717, 1.165) is 12.0 Å². The van der Waals surface area contributed by atoms with E-state index in [2.05, 4.69) is 16.6 Å². The minimum atomic E-state index is -3.83. The summed E-state index contributed by atoms with van der Waals surface area (Å²) in [6.07, 6.45) is 7.44. The van der Waals surface area contributed by atoms with Crippen LogP contribution in [0, 0.1) is 11.3 Å². The number of hydrogen-bond acceptors (Lipinski definition) is 8. The Hall–Kier alpha value is -2.22. The smallest absolute Gasteiger partial charge is 0.332 e. The summed E-state index contributed by atoms with van der Waals surface area (Å²) in [6.45, 7) is 12.7. The molecular formula is C25H42NO8P. The highest BCUT2D eigenvalue weighted by atomic mass is 31.2. The zero-order valence-electron chi connectivity index (χ0n) is 22.1. The molecule has 10 heteroatoms. The fraction of sp³-hybridized carbons (Fsp3) is 0.640. The SMILES string of the molecule is C=CC=CC(=CC)CCCOC(=O)C(C)C[P@](=O)(OC)O[C@@H](C(=O)NCCC(=O)OC)C(C)(C)C. The largest absolute Gasteiger partial charge is 0.469 e. The van der Waals surface area contributed by atoms with Crippen molar-refractivity contribution in [1.29, 1.82) is 0 Å². The fourth-order valence-corrected chi connectivity index (χ4v) is 4.79. The summed E-state index contributed by atoms with van der Waals surface area (Å²) >= 11 is 0. The minimum absolute atomic E-state index is 0.00992. The van der Waals surface area contributed by atoms with E-state index >= 15 is 0 Å². The molecule has 1 amide bonds. The van der Waals surface area contributed by atoms with Gasteiger partial charge in [0.15, 0.2) is 6.10 Å². The molecule has 9 nitrogen and oxygen atoms in total. The van der Waals surface area contributed by atoms with Gasteiger partial charge in [-0.3, -0.25) is 23.5 Å². The van der Waals surface area contributed by atoms with E-state index in [4.69, 9.17) is 13.8 Å². The van der Waals surface area contributed by atoms with Gasteiger partial charge in [0.1, 0.15) is 0 Å². The second kappa shape index (κ2) is 16.5. The molecule has 3 atom stereocenters. The molecule has 0 bridgehead atoms. The van der Waals surface area contributed by atoms with Crippen molar-refractivity contribution in [2.45, 2.75) is 60.0 Å². The first-order chi connectivity index (χ1) is 16.3. The molecule has 0 aliphatic heterocycles. The average Bonchev–Trinajstić information content (AvgIpc) is 2.80. The number of esters is 2. The van der Waals surface area contributed by atoms with Gasteiger partial charge in [-0.2, -0.15) is 0 Å². The fourth-order valence-electron chi connectivity index (χ4n) is 2.92. The predicted molar refractivity (Wildman–Crippen MR) is 136 cm³/mol. The van der Waals surface area contributed by atoms with Crippen molar-refractivity contribution in [1.82, 2.24) is 5.32 Å². The number of carbonyl (C=O) groups excluding carboxylic acids is 3. The zero-order chi connectivity index (χ0) is 27.1. The van der Waals surface area contributed by atoms with Gasteiger partial charge in [0, 0.05) is 13.7 Å². The standard InChI is InChI=1S/C25H42NO8P/c1-9-11-13-20(10-2)14-12-17-33-24(29)19(3)18-35(30,32-8)34-22(25(4,5)6)23(28)26-16-15-21(27)31-7/h9-11,13,19,22H,1,12,14-18H2,2-8H3,(H,26,28)/t19?,22-,35-/m0/s1. The quantitative estimate of drug-likeness (QED) is 0.137. The third kappa shape index (κ3) is 13.4. The molecule has 0 aliphatic rings. The summed E-state index contributed by atoms with van der Waals surface area (Å²) in [7, 11) is -1.36. The van der Waals surface area contributed by atoms with Crippen molar-refractivity contribution in [3.63, 3.8) is 0 Å². The van der Waals surface area contributed by atoms with Gasteiger partial charge >= 0.3 is 19.5 Å². The number of ether oxygens (including phenoxy) is 2. The molecule has 1 N–H and O–H groups in total. The molecule has 0 heterocycles. The van der Waals surface area contributed by atoms with Crippen LogP contribution < -0.4 is 5.32 Å². The molecule has 35 heavy (non-hydrogen) atoms. The van der Waals surface area contributed by atoms with E-state index < -0.39 is 42.9 Å². The molecule has 200 valence electrons. The molecule has 0 saturated carbocycles. The van der Waals surface area contributed by atoms with Crippen LogP contribution in [0.1, 0.15) is 53.9 Å². The van der Waals surface area contributed by atoms with E-state index in [0.29, 0.717) is 6.42 Å². The number of nitrogens with one attached hydrogen (secondary N) is 1. The molecule has 0 radical (unpaired) electrons. The topological polar surface area (TPSA) is 117 Å². The van der Waals surface area contributed by atoms with Crippen molar-refractivity contribution in [2.24, 2.45) is 11.3 Å².